The maximum atomic E-state index is 12.5. The third kappa shape index (κ3) is 6.86. The second-order valence-electron chi connectivity index (χ2n) is 7.05. The third-order valence-corrected chi connectivity index (χ3v) is 5.00. The lowest BCUT2D eigenvalue weighted by molar-refractivity contribution is -0.145. The molecule has 0 unspecified atom stereocenters. The number of benzene rings is 3. The van der Waals surface area contributed by atoms with Crippen LogP contribution in [-0.2, 0) is 33.8 Å². The number of methoxy groups -OCH3 is 1. The second-order valence-corrected chi connectivity index (χ2v) is 7.46. The van der Waals surface area contributed by atoms with E-state index in [4.69, 9.17) is 21.1 Å². The lowest BCUT2D eigenvalue weighted by atomic mass is 10.1. The molecule has 0 fully saturated rings. The van der Waals surface area contributed by atoms with Crippen molar-refractivity contribution >= 4 is 23.5 Å². The van der Waals surface area contributed by atoms with Crippen LogP contribution in [0.3, 0.4) is 0 Å². The Balaban J connectivity index is 1.59. The minimum absolute atomic E-state index is 0.0843. The average molecular weight is 438 g/mol. The zero-order valence-electron chi connectivity index (χ0n) is 17.2. The van der Waals surface area contributed by atoms with Crippen LogP contribution in [0.2, 0.25) is 5.02 Å². The van der Waals surface area contributed by atoms with Crippen molar-refractivity contribution in [2.45, 2.75) is 25.5 Å². The van der Waals surface area contributed by atoms with E-state index in [-0.39, 0.29) is 12.3 Å². The molecule has 0 aliphatic carbocycles. The summed E-state index contributed by atoms with van der Waals surface area (Å²) in [5.41, 5.74) is 2.69. The van der Waals surface area contributed by atoms with Gasteiger partial charge in [-0.15, -0.1) is 0 Å². The largest absolute Gasteiger partial charge is 0.487 e. The van der Waals surface area contributed by atoms with Gasteiger partial charge in [-0.05, 0) is 28.8 Å². The number of ether oxygens (including phenoxy) is 2. The van der Waals surface area contributed by atoms with Gasteiger partial charge < -0.3 is 14.8 Å². The summed E-state index contributed by atoms with van der Waals surface area (Å²) in [4.78, 5) is 24.7. The van der Waals surface area contributed by atoms with Crippen LogP contribution in [0.4, 0.5) is 0 Å². The van der Waals surface area contributed by atoms with Crippen LogP contribution in [0.25, 0.3) is 0 Å². The summed E-state index contributed by atoms with van der Waals surface area (Å²) in [6.07, 6.45) is 0.438. The summed E-state index contributed by atoms with van der Waals surface area (Å²) in [5, 5.41) is 3.18. The van der Waals surface area contributed by atoms with E-state index in [1.54, 1.807) is 18.2 Å². The van der Waals surface area contributed by atoms with Crippen LogP contribution in [0.15, 0.2) is 78.9 Å². The smallest absolute Gasteiger partial charge is 0.328 e. The first-order chi connectivity index (χ1) is 15.0. The molecule has 160 valence electrons. The van der Waals surface area contributed by atoms with Gasteiger partial charge in [0.15, 0.2) is 0 Å². The van der Waals surface area contributed by atoms with Crippen LogP contribution in [-0.4, -0.2) is 25.0 Å². The van der Waals surface area contributed by atoms with Crippen molar-refractivity contribution < 1.29 is 19.1 Å². The van der Waals surface area contributed by atoms with E-state index in [1.807, 2.05) is 60.7 Å². The van der Waals surface area contributed by atoms with Crippen molar-refractivity contribution in [3.63, 3.8) is 0 Å². The highest BCUT2D eigenvalue weighted by Crippen LogP contribution is 2.26. The van der Waals surface area contributed by atoms with Crippen LogP contribution < -0.4 is 10.1 Å². The average Bonchev–Trinajstić information content (AvgIpc) is 2.79. The maximum absolute atomic E-state index is 12.5. The molecule has 3 rings (SSSR count). The molecular weight excluding hydrogens is 414 g/mol. The first-order valence-corrected chi connectivity index (χ1v) is 10.3. The third-order valence-electron chi connectivity index (χ3n) is 4.70. The quantitative estimate of drug-likeness (QED) is 0.505. The van der Waals surface area contributed by atoms with Crippen LogP contribution in [0, 0.1) is 0 Å². The second kappa shape index (κ2) is 11.2. The topological polar surface area (TPSA) is 64.6 Å². The highest BCUT2D eigenvalue weighted by Gasteiger charge is 2.22. The number of nitrogens with one attached hydrogen (secondary N) is 1. The zero-order valence-corrected chi connectivity index (χ0v) is 18.0. The number of amides is 1. The summed E-state index contributed by atoms with van der Waals surface area (Å²) in [7, 11) is 1.31. The minimum Gasteiger partial charge on any atom is -0.487 e. The molecule has 0 heterocycles. The molecular formula is C25H24ClNO4. The fourth-order valence-electron chi connectivity index (χ4n) is 3.12. The van der Waals surface area contributed by atoms with E-state index in [1.165, 1.54) is 7.11 Å². The fraction of sp³-hybridized carbons (Fsp3) is 0.200. The van der Waals surface area contributed by atoms with E-state index in [0.29, 0.717) is 23.8 Å². The molecule has 0 radical (unpaired) electrons. The van der Waals surface area contributed by atoms with Gasteiger partial charge in [-0.2, -0.15) is 0 Å². The normalized spacial score (nSPS) is 11.4. The number of rotatable bonds is 9. The molecule has 0 saturated heterocycles. The number of carbonyl (C=O) groups is 2. The van der Waals surface area contributed by atoms with Crippen LogP contribution >= 0.6 is 11.6 Å². The Morgan fingerprint density at radius 2 is 1.55 bits per heavy atom. The Kier molecular flexibility index (Phi) is 8.07. The number of esters is 1. The van der Waals surface area contributed by atoms with Crippen molar-refractivity contribution in [1.29, 1.82) is 0 Å². The Labute approximate surface area is 187 Å². The molecule has 1 amide bonds. The van der Waals surface area contributed by atoms with Crippen molar-refractivity contribution in [1.82, 2.24) is 5.32 Å². The van der Waals surface area contributed by atoms with Crippen LogP contribution in [0.5, 0.6) is 5.75 Å². The number of halogens is 1. The Hall–Kier alpha value is -3.31. The number of carbonyl (C=O) groups excluding carboxylic acids is 2. The van der Waals surface area contributed by atoms with Crippen molar-refractivity contribution in [2.24, 2.45) is 0 Å². The molecule has 1 N–H and O–H groups in total. The predicted molar refractivity (Wildman–Crippen MR) is 120 cm³/mol. The van der Waals surface area contributed by atoms with E-state index in [9.17, 15) is 9.59 Å². The molecule has 1 atom stereocenters. The zero-order chi connectivity index (χ0) is 22.1. The standard InChI is InChI=1S/C25H24ClNO4/c1-30-25(29)22(15-18-8-4-2-5-9-18)27-24(28)16-20-12-13-23(21(26)14-20)31-17-19-10-6-3-7-11-19/h2-14,22H,15-17H2,1H3,(H,27,28)/t22-/m0/s1. The van der Waals surface area contributed by atoms with Crippen LogP contribution in [0.1, 0.15) is 16.7 Å². The molecule has 31 heavy (non-hydrogen) atoms. The molecule has 0 spiro atoms. The number of hydrogen-bond donors (Lipinski definition) is 1. The monoisotopic (exact) mass is 437 g/mol. The molecule has 6 heteroatoms. The highest BCUT2D eigenvalue weighted by atomic mass is 35.5. The summed E-state index contributed by atoms with van der Waals surface area (Å²) in [6, 6.07) is 23.7. The fourth-order valence-corrected chi connectivity index (χ4v) is 3.38. The molecule has 3 aromatic carbocycles. The van der Waals surface area contributed by atoms with Gasteiger partial charge in [0.1, 0.15) is 18.4 Å². The number of hydrogen-bond acceptors (Lipinski definition) is 4. The first kappa shape index (κ1) is 22.4. The first-order valence-electron chi connectivity index (χ1n) is 9.91. The van der Waals surface area contributed by atoms with Crippen molar-refractivity contribution in [3.8, 4) is 5.75 Å². The van der Waals surface area contributed by atoms with E-state index in [2.05, 4.69) is 5.32 Å². The van der Waals surface area contributed by atoms with Gasteiger partial charge in [-0.3, -0.25) is 4.79 Å². The highest BCUT2D eigenvalue weighted by molar-refractivity contribution is 6.32. The molecule has 3 aromatic rings. The summed E-state index contributed by atoms with van der Waals surface area (Å²) >= 11 is 6.33. The van der Waals surface area contributed by atoms with E-state index >= 15 is 0 Å². The van der Waals surface area contributed by atoms with Crippen molar-refractivity contribution in [3.05, 3.63) is 101 Å². The van der Waals surface area contributed by atoms with Gasteiger partial charge in [0.2, 0.25) is 5.91 Å². The van der Waals surface area contributed by atoms with E-state index < -0.39 is 12.0 Å². The van der Waals surface area contributed by atoms with Gasteiger partial charge in [-0.25, -0.2) is 4.79 Å². The molecule has 0 aliphatic heterocycles. The summed E-state index contributed by atoms with van der Waals surface area (Å²) in [6.45, 7) is 0.403. The predicted octanol–water partition coefficient (Wildman–Crippen LogP) is 4.36. The molecule has 5 nitrogen and oxygen atoms in total. The Morgan fingerprint density at radius 3 is 2.16 bits per heavy atom. The van der Waals surface area contributed by atoms with Gasteiger partial charge in [-0.1, -0.05) is 78.3 Å². The lowest BCUT2D eigenvalue weighted by Crippen LogP contribution is -2.43. The maximum Gasteiger partial charge on any atom is 0.328 e. The summed E-state index contributed by atoms with van der Waals surface area (Å²) in [5.74, 6) is -0.230. The molecule has 0 bridgehead atoms. The minimum atomic E-state index is -0.760. The molecule has 0 aliphatic rings. The Morgan fingerprint density at radius 1 is 0.903 bits per heavy atom. The van der Waals surface area contributed by atoms with E-state index in [0.717, 1.165) is 16.7 Å². The summed E-state index contributed by atoms with van der Waals surface area (Å²) < 4.78 is 10.6. The molecule has 0 saturated carbocycles. The van der Waals surface area contributed by atoms with Gasteiger partial charge in [0.25, 0.3) is 0 Å². The van der Waals surface area contributed by atoms with Gasteiger partial charge in [0, 0.05) is 6.42 Å². The van der Waals surface area contributed by atoms with Gasteiger partial charge in [0.05, 0.1) is 18.6 Å². The van der Waals surface area contributed by atoms with Crippen molar-refractivity contribution in [2.75, 3.05) is 7.11 Å². The SMILES string of the molecule is COC(=O)[C@H](Cc1ccccc1)NC(=O)Cc1ccc(OCc2ccccc2)c(Cl)c1. The van der Waals surface area contributed by atoms with Gasteiger partial charge >= 0.3 is 5.97 Å². The Bertz CT molecular complexity index is 1010. The lowest BCUT2D eigenvalue weighted by Gasteiger charge is -2.17. The molecule has 0 aromatic heterocycles.